The van der Waals surface area contributed by atoms with E-state index in [0.29, 0.717) is 44.2 Å². The summed E-state index contributed by atoms with van der Waals surface area (Å²) in [5, 5.41) is 12.3. The zero-order chi connectivity index (χ0) is 32.2. The number of nitriles is 1. The number of fused-ring (bicyclic) bond motifs is 2. The number of likely N-dealkylation sites (tertiary alicyclic amines) is 1. The number of amides is 1. The van der Waals surface area contributed by atoms with Gasteiger partial charge in [-0.1, -0.05) is 42.5 Å². The fourth-order valence-electron chi connectivity index (χ4n) is 7.49. The van der Waals surface area contributed by atoms with Gasteiger partial charge in [0, 0.05) is 49.7 Å². The van der Waals surface area contributed by atoms with Crippen molar-refractivity contribution in [1.29, 1.82) is 5.26 Å². The molecule has 0 saturated carbocycles. The molecule has 2 aromatic heterocycles. The molecule has 3 atom stereocenters. The van der Waals surface area contributed by atoms with Crippen LogP contribution in [0.5, 0.6) is 6.01 Å². The average molecular weight is 628 g/mol. The highest BCUT2D eigenvalue weighted by Crippen LogP contribution is 2.39. The number of ether oxygens (including phenoxy) is 1. The lowest BCUT2D eigenvalue weighted by atomic mass is 9.80. The van der Waals surface area contributed by atoms with Crippen molar-refractivity contribution >= 4 is 28.6 Å². The van der Waals surface area contributed by atoms with Crippen LogP contribution in [0.1, 0.15) is 54.0 Å². The third-order valence-electron chi connectivity index (χ3n) is 10.1. The molecule has 4 heterocycles. The summed E-state index contributed by atoms with van der Waals surface area (Å²) < 4.78 is 6.36. The first-order valence-electron chi connectivity index (χ1n) is 16.8. The summed E-state index contributed by atoms with van der Waals surface area (Å²) in [4.78, 5) is 33.9. The van der Waals surface area contributed by atoms with E-state index >= 15 is 0 Å². The first-order valence-corrected chi connectivity index (χ1v) is 16.8. The maximum atomic E-state index is 13.3. The van der Waals surface area contributed by atoms with Crippen LogP contribution in [0.4, 0.5) is 5.82 Å². The summed E-state index contributed by atoms with van der Waals surface area (Å²) in [5.41, 5.74) is 4.49. The molecule has 9 nitrogen and oxygen atoms in total. The van der Waals surface area contributed by atoms with Gasteiger partial charge in [0.1, 0.15) is 12.4 Å². The molecule has 240 valence electrons. The van der Waals surface area contributed by atoms with Crippen molar-refractivity contribution in [3.8, 4) is 12.1 Å². The minimum atomic E-state index is -0.252. The van der Waals surface area contributed by atoms with Crippen molar-refractivity contribution in [3.63, 3.8) is 0 Å². The summed E-state index contributed by atoms with van der Waals surface area (Å²) in [6.45, 7) is 3.30. The molecule has 0 radical (unpaired) electrons. The second kappa shape index (κ2) is 13.9. The Labute approximate surface area is 276 Å². The van der Waals surface area contributed by atoms with E-state index in [0.717, 1.165) is 49.3 Å². The second-order valence-electron chi connectivity index (χ2n) is 13.0. The monoisotopic (exact) mass is 627 g/mol. The summed E-state index contributed by atoms with van der Waals surface area (Å²) >= 11 is 0. The van der Waals surface area contributed by atoms with Crippen molar-refractivity contribution in [2.75, 3.05) is 44.7 Å². The van der Waals surface area contributed by atoms with E-state index in [2.05, 4.69) is 70.4 Å². The number of carbonyl (C=O) groups is 1. The number of hydrogen-bond donors (Lipinski definition) is 0. The fourth-order valence-corrected chi connectivity index (χ4v) is 7.49. The fraction of sp³-hybridized carbons (Fsp3) is 0.395. The zero-order valence-electron chi connectivity index (χ0n) is 27.0. The van der Waals surface area contributed by atoms with E-state index in [1.54, 1.807) is 24.5 Å². The van der Waals surface area contributed by atoms with Crippen LogP contribution in [0.3, 0.4) is 0 Å². The van der Waals surface area contributed by atoms with Crippen molar-refractivity contribution in [2.24, 2.45) is 0 Å². The van der Waals surface area contributed by atoms with E-state index in [1.165, 1.54) is 28.3 Å². The van der Waals surface area contributed by atoms with Gasteiger partial charge in [-0.25, -0.2) is 0 Å². The van der Waals surface area contributed by atoms with Gasteiger partial charge >= 0.3 is 6.01 Å². The van der Waals surface area contributed by atoms with Gasteiger partial charge in [-0.05, 0) is 91.7 Å². The molecule has 2 fully saturated rings. The molecule has 2 aliphatic heterocycles. The highest BCUT2D eigenvalue weighted by molar-refractivity contribution is 5.92. The first-order chi connectivity index (χ1) is 23.1. The summed E-state index contributed by atoms with van der Waals surface area (Å²) in [5.74, 6) is 1.15. The molecule has 3 aliphatic rings. The minimum absolute atomic E-state index is 0.0888. The van der Waals surface area contributed by atoms with Crippen LogP contribution in [0.2, 0.25) is 0 Å². The number of carbonyl (C=O) groups excluding carboxylic acids is 1. The molecule has 2 saturated heterocycles. The number of rotatable bonds is 8. The number of nitrogens with zero attached hydrogens (tertiary/aromatic N) is 7. The summed E-state index contributed by atoms with van der Waals surface area (Å²) in [6.07, 6.45) is 12.0. The van der Waals surface area contributed by atoms with E-state index in [4.69, 9.17) is 14.7 Å². The Bertz CT molecular complexity index is 1800. The lowest BCUT2D eigenvalue weighted by Crippen LogP contribution is -2.55. The van der Waals surface area contributed by atoms with E-state index < -0.39 is 0 Å². The number of benzene rings is 2. The lowest BCUT2D eigenvalue weighted by Gasteiger charge is -2.42. The molecule has 9 heteroatoms. The Morgan fingerprint density at radius 2 is 1.87 bits per heavy atom. The maximum absolute atomic E-state index is 13.3. The molecule has 2 aromatic carbocycles. The van der Waals surface area contributed by atoms with Crippen molar-refractivity contribution in [1.82, 2.24) is 24.8 Å². The zero-order valence-corrected chi connectivity index (χ0v) is 27.0. The SMILES string of the molecule is CN1CCCC1COc1nc2c(c(N3CCN(C(=O)/C=C/c4ccncc4)C(CC#N)C3)n1)CCC(c1cccc3ccccc13)C2. The normalized spacial score (nSPS) is 21.6. The average Bonchev–Trinajstić information content (AvgIpc) is 3.53. The van der Waals surface area contributed by atoms with Crippen LogP contribution in [0, 0.1) is 11.3 Å². The quantitative estimate of drug-likeness (QED) is 0.239. The number of likely N-dealkylation sites (N-methyl/N-ethyl adjacent to an activating group) is 1. The number of anilines is 1. The van der Waals surface area contributed by atoms with E-state index in [9.17, 15) is 10.1 Å². The predicted molar refractivity (Wildman–Crippen MR) is 183 cm³/mol. The van der Waals surface area contributed by atoms with Crippen LogP contribution in [-0.2, 0) is 17.6 Å². The van der Waals surface area contributed by atoms with Gasteiger partial charge in [0.05, 0.1) is 24.2 Å². The van der Waals surface area contributed by atoms with E-state index in [1.807, 2.05) is 17.0 Å². The van der Waals surface area contributed by atoms with Crippen molar-refractivity contribution in [2.45, 2.75) is 56.5 Å². The predicted octanol–water partition coefficient (Wildman–Crippen LogP) is 5.41. The Kier molecular flexibility index (Phi) is 9.11. The number of aromatic nitrogens is 3. The van der Waals surface area contributed by atoms with Gasteiger partial charge in [-0.2, -0.15) is 15.2 Å². The Hall–Kier alpha value is -4.81. The third kappa shape index (κ3) is 6.70. The standard InChI is InChI=1S/C38H41N7O2/c1-43-21-5-8-31(43)26-47-38-41-35-24-29(33-10-4-7-28-6-2-3-9-32(28)33)12-13-34(35)37(42-38)44-22-23-45(30(25-44)15-18-39)36(46)14-11-27-16-19-40-20-17-27/h2-4,6-7,9-11,14,16-17,19-20,29-31H,5,8,12-13,15,21-26H2,1H3/b14-11+. The largest absolute Gasteiger partial charge is 0.462 e. The Morgan fingerprint density at radius 3 is 2.70 bits per heavy atom. The molecule has 1 aliphatic carbocycles. The van der Waals surface area contributed by atoms with E-state index in [-0.39, 0.29) is 18.4 Å². The Morgan fingerprint density at radius 1 is 1.02 bits per heavy atom. The molecule has 0 bridgehead atoms. The highest BCUT2D eigenvalue weighted by Gasteiger charge is 2.34. The summed E-state index contributed by atoms with van der Waals surface area (Å²) in [7, 11) is 2.15. The van der Waals surface area contributed by atoms with Gasteiger partial charge in [-0.15, -0.1) is 0 Å². The molecule has 1 amide bonds. The number of piperazine rings is 1. The highest BCUT2D eigenvalue weighted by atomic mass is 16.5. The van der Waals surface area contributed by atoms with Gasteiger partial charge in [0.25, 0.3) is 0 Å². The van der Waals surface area contributed by atoms with Gasteiger partial charge in [-0.3, -0.25) is 9.78 Å². The van der Waals surface area contributed by atoms with Crippen LogP contribution in [0.15, 0.2) is 73.1 Å². The molecule has 0 N–H and O–H groups in total. The molecular formula is C38H41N7O2. The lowest BCUT2D eigenvalue weighted by molar-refractivity contribution is -0.128. The molecule has 47 heavy (non-hydrogen) atoms. The molecule has 0 spiro atoms. The van der Waals surface area contributed by atoms with Gasteiger partial charge in [0.15, 0.2) is 0 Å². The maximum Gasteiger partial charge on any atom is 0.318 e. The summed E-state index contributed by atoms with van der Waals surface area (Å²) in [6, 6.07) is 21.8. The van der Waals surface area contributed by atoms with Crippen LogP contribution < -0.4 is 9.64 Å². The second-order valence-corrected chi connectivity index (χ2v) is 13.0. The number of pyridine rings is 1. The number of hydrogen-bond acceptors (Lipinski definition) is 8. The van der Waals surface area contributed by atoms with Gasteiger partial charge < -0.3 is 19.4 Å². The molecule has 3 unspecified atom stereocenters. The third-order valence-corrected chi connectivity index (χ3v) is 10.1. The van der Waals surface area contributed by atoms with Crippen LogP contribution in [-0.4, -0.2) is 82.6 Å². The van der Waals surface area contributed by atoms with Crippen molar-refractivity contribution in [3.05, 3.63) is 95.5 Å². The van der Waals surface area contributed by atoms with Crippen molar-refractivity contribution < 1.29 is 9.53 Å². The minimum Gasteiger partial charge on any atom is -0.462 e. The molecular weight excluding hydrogens is 586 g/mol. The smallest absolute Gasteiger partial charge is 0.318 e. The Balaban J connectivity index is 1.16. The molecule has 4 aromatic rings. The van der Waals surface area contributed by atoms with Gasteiger partial charge in [0.2, 0.25) is 5.91 Å². The van der Waals surface area contributed by atoms with Crippen LogP contribution in [0.25, 0.3) is 16.8 Å². The topological polar surface area (TPSA) is 98.5 Å². The first kappa shape index (κ1) is 30.8. The van der Waals surface area contributed by atoms with Crippen LogP contribution >= 0.6 is 0 Å². The molecule has 7 rings (SSSR count).